The van der Waals surface area contributed by atoms with Crippen molar-refractivity contribution < 1.29 is 14.1 Å². The number of carbonyl (C=O) groups excluding carboxylic acids is 1. The number of nitrogens with zero attached hydrogens (tertiary/aromatic N) is 1. The number of carbonyl (C=O) groups is 1. The summed E-state index contributed by atoms with van der Waals surface area (Å²) in [6.45, 7) is 4.57. The Labute approximate surface area is 130 Å². The van der Waals surface area contributed by atoms with Gasteiger partial charge in [-0.05, 0) is 25.8 Å². The summed E-state index contributed by atoms with van der Waals surface area (Å²) in [4.78, 5) is 12.0. The van der Waals surface area contributed by atoms with Crippen molar-refractivity contribution in [3.63, 3.8) is 0 Å². The van der Waals surface area contributed by atoms with E-state index in [1.807, 2.05) is 44.2 Å². The van der Waals surface area contributed by atoms with Crippen molar-refractivity contribution in [2.45, 2.75) is 45.4 Å². The molecular weight excluding hydrogens is 280 g/mol. The molecule has 2 N–H and O–H groups in total. The maximum atomic E-state index is 12.0. The first kappa shape index (κ1) is 16.4. The normalized spacial score (nSPS) is 11.6. The molecule has 0 saturated carbocycles. The van der Waals surface area contributed by atoms with Crippen LogP contribution in [-0.2, 0) is 18.0 Å². The van der Waals surface area contributed by atoms with Gasteiger partial charge in [0.05, 0.1) is 6.61 Å². The van der Waals surface area contributed by atoms with Crippen LogP contribution in [0.5, 0.6) is 0 Å². The molecule has 0 fully saturated rings. The van der Waals surface area contributed by atoms with Crippen LogP contribution in [0.25, 0.3) is 0 Å². The lowest BCUT2D eigenvalue weighted by atomic mass is 9.97. The van der Waals surface area contributed by atoms with E-state index >= 15 is 0 Å². The largest absolute Gasteiger partial charge is 0.369 e. The lowest BCUT2D eigenvalue weighted by molar-refractivity contribution is 0.0879. The van der Waals surface area contributed by atoms with Gasteiger partial charge in [0.25, 0.3) is 0 Å². The summed E-state index contributed by atoms with van der Waals surface area (Å²) in [7, 11) is 0. The van der Waals surface area contributed by atoms with Crippen LogP contribution in [-0.4, -0.2) is 16.5 Å². The molecule has 0 aliphatic heterocycles. The highest BCUT2D eigenvalue weighted by molar-refractivity contribution is 5.94. The fraction of sp³-hybridized carbons (Fsp3) is 0.412. The van der Waals surface area contributed by atoms with Gasteiger partial charge in [-0.25, -0.2) is 0 Å². The molecule has 0 unspecified atom stereocenters. The van der Waals surface area contributed by atoms with E-state index in [4.69, 9.17) is 15.0 Å². The highest BCUT2D eigenvalue weighted by atomic mass is 16.5. The number of Topliss-reactive ketones (excluding diaryl/α,β-unsaturated/α-hetero) is 1. The van der Waals surface area contributed by atoms with Gasteiger partial charge in [-0.15, -0.1) is 0 Å². The van der Waals surface area contributed by atoms with Crippen molar-refractivity contribution in [2.24, 2.45) is 5.73 Å². The molecule has 5 heteroatoms. The van der Waals surface area contributed by atoms with E-state index in [9.17, 15) is 4.79 Å². The summed E-state index contributed by atoms with van der Waals surface area (Å²) >= 11 is 0. The fourth-order valence-corrected chi connectivity index (χ4v) is 1.92. The fourth-order valence-electron chi connectivity index (χ4n) is 1.92. The average Bonchev–Trinajstić information content (AvgIpc) is 2.94. The minimum absolute atomic E-state index is 0.0587. The van der Waals surface area contributed by atoms with Crippen LogP contribution in [0.2, 0.25) is 0 Å². The summed E-state index contributed by atoms with van der Waals surface area (Å²) in [6.07, 6.45) is 0.971. The third-order valence-electron chi connectivity index (χ3n) is 3.20. The van der Waals surface area contributed by atoms with Crippen LogP contribution in [0, 0.1) is 0 Å². The lowest BCUT2D eigenvalue weighted by Crippen LogP contribution is -2.32. The molecule has 0 amide bonds. The van der Waals surface area contributed by atoms with Gasteiger partial charge < -0.3 is 15.0 Å². The molecule has 1 aromatic heterocycles. The molecule has 0 atom stereocenters. The minimum Gasteiger partial charge on any atom is -0.369 e. The molecule has 0 radical (unpaired) electrons. The standard InChI is InChI=1S/C17H22N2O3/c1-17(2,18)9-8-16(20)15-10-14(22-19-15)12-21-11-13-6-4-3-5-7-13/h3-7,10H,8-9,11-12,18H2,1-2H3. The predicted molar refractivity (Wildman–Crippen MR) is 83.3 cm³/mol. The van der Waals surface area contributed by atoms with Crippen LogP contribution in [0.15, 0.2) is 40.9 Å². The minimum atomic E-state index is -0.360. The number of benzene rings is 1. The van der Waals surface area contributed by atoms with Crippen LogP contribution < -0.4 is 5.73 Å². The van der Waals surface area contributed by atoms with E-state index < -0.39 is 0 Å². The number of ether oxygens (including phenoxy) is 1. The zero-order valence-corrected chi connectivity index (χ0v) is 13.0. The molecular formula is C17H22N2O3. The molecule has 1 heterocycles. The highest BCUT2D eigenvalue weighted by Crippen LogP contribution is 2.13. The smallest absolute Gasteiger partial charge is 0.184 e. The van der Waals surface area contributed by atoms with E-state index in [0.717, 1.165) is 5.56 Å². The molecule has 0 aliphatic rings. The second-order valence-electron chi connectivity index (χ2n) is 6.07. The van der Waals surface area contributed by atoms with E-state index in [0.29, 0.717) is 30.9 Å². The van der Waals surface area contributed by atoms with Crippen molar-refractivity contribution in [3.05, 3.63) is 53.4 Å². The molecule has 0 aliphatic carbocycles. The first-order valence-corrected chi connectivity index (χ1v) is 7.33. The number of rotatable bonds is 8. The van der Waals surface area contributed by atoms with Gasteiger partial charge in [0.15, 0.2) is 11.5 Å². The Kier molecular flexibility index (Phi) is 5.46. The van der Waals surface area contributed by atoms with Crippen LogP contribution in [0.4, 0.5) is 0 Å². The molecule has 2 rings (SSSR count). The molecule has 2 aromatic rings. The maximum absolute atomic E-state index is 12.0. The van der Waals surface area contributed by atoms with Crippen molar-refractivity contribution in [3.8, 4) is 0 Å². The number of ketones is 1. The van der Waals surface area contributed by atoms with Crippen LogP contribution >= 0.6 is 0 Å². The second-order valence-corrected chi connectivity index (χ2v) is 6.07. The predicted octanol–water partition coefficient (Wildman–Crippen LogP) is 3.09. The third-order valence-corrected chi connectivity index (χ3v) is 3.20. The van der Waals surface area contributed by atoms with E-state index in [1.165, 1.54) is 0 Å². The molecule has 118 valence electrons. The number of hydrogen-bond donors (Lipinski definition) is 1. The zero-order chi connectivity index (χ0) is 16.0. The SMILES string of the molecule is CC(C)(N)CCC(=O)c1cc(COCc2ccccc2)on1. The lowest BCUT2D eigenvalue weighted by Gasteiger charge is -2.16. The topological polar surface area (TPSA) is 78.4 Å². The van der Waals surface area contributed by atoms with Crippen molar-refractivity contribution in [1.82, 2.24) is 5.16 Å². The molecule has 0 saturated heterocycles. The van der Waals surface area contributed by atoms with Gasteiger partial charge in [0.2, 0.25) is 0 Å². The monoisotopic (exact) mass is 302 g/mol. The molecule has 0 bridgehead atoms. The summed E-state index contributed by atoms with van der Waals surface area (Å²) < 4.78 is 10.7. The summed E-state index contributed by atoms with van der Waals surface area (Å²) in [6, 6.07) is 11.5. The van der Waals surface area contributed by atoms with E-state index in [1.54, 1.807) is 6.07 Å². The highest BCUT2D eigenvalue weighted by Gasteiger charge is 2.17. The Hall–Kier alpha value is -1.98. The number of hydrogen-bond acceptors (Lipinski definition) is 5. The Balaban J connectivity index is 1.80. The maximum Gasteiger partial charge on any atom is 0.184 e. The van der Waals surface area contributed by atoms with E-state index in [2.05, 4.69) is 5.16 Å². The van der Waals surface area contributed by atoms with Crippen molar-refractivity contribution >= 4 is 5.78 Å². The molecule has 0 spiro atoms. The first-order valence-electron chi connectivity index (χ1n) is 7.33. The average molecular weight is 302 g/mol. The Morgan fingerprint density at radius 1 is 1.27 bits per heavy atom. The van der Waals surface area contributed by atoms with Crippen molar-refractivity contribution in [2.75, 3.05) is 0 Å². The Morgan fingerprint density at radius 3 is 2.68 bits per heavy atom. The Morgan fingerprint density at radius 2 is 2.00 bits per heavy atom. The molecule has 1 aromatic carbocycles. The summed E-state index contributed by atoms with van der Waals surface area (Å²) in [5.41, 5.74) is 6.93. The molecule has 5 nitrogen and oxygen atoms in total. The van der Waals surface area contributed by atoms with Gasteiger partial charge in [-0.2, -0.15) is 0 Å². The van der Waals surface area contributed by atoms with Gasteiger partial charge in [-0.3, -0.25) is 4.79 Å². The zero-order valence-electron chi connectivity index (χ0n) is 13.0. The summed E-state index contributed by atoms with van der Waals surface area (Å²) in [5.74, 6) is 0.489. The van der Waals surface area contributed by atoms with Gasteiger partial charge in [0.1, 0.15) is 12.3 Å². The van der Waals surface area contributed by atoms with Gasteiger partial charge in [-0.1, -0.05) is 35.5 Å². The molecule has 22 heavy (non-hydrogen) atoms. The number of nitrogens with two attached hydrogens (primary N) is 1. The first-order chi connectivity index (χ1) is 10.4. The Bertz CT molecular complexity index is 600. The van der Waals surface area contributed by atoms with Crippen LogP contribution in [0.1, 0.15) is 48.5 Å². The van der Waals surface area contributed by atoms with Gasteiger partial charge in [0, 0.05) is 18.0 Å². The van der Waals surface area contributed by atoms with Crippen molar-refractivity contribution in [1.29, 1.82) is 0 Å². The van der Waals surface area contributed by atoms with E-state index in [-0.39, 0.29) is 17.9 Å². The quantitative estimate of drug-likeness (QED) is 0.758. The number of aromatic nitrogens is 1. The summed E-state index contributed by atoms with van der Waals surface area (Å²) in [5, 5.41) is 3.80. The van der Waals surface area contributed by atoms with Crippen LogP contribution in [0.3, 0.4) is 0 Å². The second kappa shape index (κ2) is 7.33. The third kappa shape index (κ3) is 5.42. The van der Waals surface area contributed by atoms with Gasteiger partial charge >= 0.3 is 0 Å².